The number of carbonyl (C=O) groups excluding carboxylic acids is 2. The summed E-state index contributed by atoms with van der Waals surface area (Å²) in [5, 5.41) is 2.89. The largest absolute Gasteiger partial charge is 0.497 e. The molecule has 0 heterocycles. The van der Waals surface area contributed by atoms with Gasteiger partial charge in [-0.15, -0.1) is 0 Å². The van der Waals surface area contributed by atoms with Gasteiger partial charge in [-0.2, -0.15) is 0 Å². The van der Waals surface area contributed by atoms with Crippen LogP contribution in [0.4, 0.5) is 4.39 Å². The van der Waals surface area contributed by atoms with Crippen molar-refractivity contribution >= 4 is 11.9 Å². The van der Waals surface area contributed by atoms with Gasteiger partial charge in [-0.3, -0.25) is 4.79 Å². The lowest BCUT2D eigenvalue weighted by Crippen LogP contribution is -2.33. The number of esters is 1. The predicted molar refractivity (Wildman–Crippen MR) is 111 cm³/mol. The molecule has 0 aliphatic rings. The highest BCUT2D eigenvalue weighted by atomic mass is 19.1. The van der Waals surface area contributed by atoms with E-state index < -0.39 is 24.3 Å². The molecule has 0 bridgehead atoms. The van der Waals surface area contributed by atoms with E-state index in [0.717, 1.165) is 17.2 Å². The van der Waals surface area contributed by atoms with Crippen molar-refractivity contribution < 1.29 is 23.5 Å². The van der Waals surface area contributed by atoms with Crippen LogP contribution in [-0.4, -0.2) is 25.6 Å². The van der Waals surface area contributed by atoms with Gasteiger partial charge in [-0.25, -0.2) is 9.18 Å². The van der Waals surface area contributed by atoms with E-state index in [9.17, 15) is 14.0 Å². The van der Waals surface area contributed by atoms with E-state index in [1.807, 2.05) is 60.7 Å². The maximum Gasteiger partial charge on any atom is 0.341 e. The predicted octanol–water partition coefficient (Wildman–Crippen LogP) is 4.09. The quantitative estimate of drug-likeness (QED) is 0.571. The van der Waals surface area contributed by atoms with E-state index in [1.165, 1.54) is 19.2 Å². The van der Waals surface area contributed by atoms with Crippen molar-refractivity contribution in [3.05, 3.63) is 101 Å². The molecule has 0 aliphatic carbocycles. The van der Waals surface area contributed by atoms with Crippen molar-refractivity contribution in [2.24, 2.45) is 0 Å². The number of nitrogens with one attached hydrogen (secondary N) is 1. The van der Waals surface area contributed by atoms with E-state index in [-0.39, 0.29) is 17.4 Å². The van der Waals surface area contributed by atoms with Crippen LogP contribution in [0.3, 0.4) is 0 Å². The summed E-state index contributed by atoms with van der Waals surface area (Å²) >= 11 is 0. The van der Waals surface area contributed by atoms with Gasteiger partial charge >= 0.3 is 5.97 Å². The smallest absolute Gasteiger partial charge is 0.341 e. The van der Waals surface area contributed by atoms with E-state index in [0.29, 0.717) is 6.42 Å². The van der Waals surface area contributed by atoms with Crippen LogP contribution in [0.2, 0.25) is 0 Å². The Bertz CT molecular complexity index is 993. The Hall–Kier alpha value is -3.67. The first kappa shape index (κ1) is 21.0. The average Bonchev–Trinajstić information content (AvgIpc) is 2.78. The molecule has 1 N–H and O–H groups in total. The zero-order chi connectivity index (χ0) is 21.3. The van der Waals surface area contributed by atoms with Gasteiger partial charge in [0.05, 0.1) is 18.7 Å². The van der Waals surface area contributed by atoms with Crippen molar-refractivity contribution in [1.82, 2.24) is 5.32 Å². The second-order valence-corrected chi connectivity index (χ2v) is 6.64. The molecule has 0 spiro atoms. The zero-order valence-corrected chi connectivity index (χ0v) is 16.5. The summed E-state index contributed by atoms with van der Waals surface area (Å²) in [6.45, 7) is -0.511. The lowest BCUT2D eigenvalue weighted by atomic mass is 9.99. The Morgan fingerprint density at radius 1 is 0.967 bits per heavy atom. The highest BCUT2D eigenvalue weighted by molar-refractivity contribution is 5.91. The highest BCUT2D eigenvalue weighted by Gasteiger charge is 2.19. The molecule has 154 valence electrons. The van der Waals surface area contributed by atoms with Crippen LogP contribution in [0, 0.1) is 5.82 Å². The molecule has 0 saturated carbocycles. The number of hydrogen-bond donors (Lipinski definition) is 1. The number of hydrogen-bond acceptors (Lipinski definition) is 4. The van der Waals surface area contributed by atoms with Crippen LogP contribution in [0.15, 0.2) is 78.9 Å². The molecule has 5 nitrogen and oxygen atoms in total. The number of methoxy groups -OCH3 is 1. The van der Waals surface area contributed by atoms with Crippen molar-refractivity contribution in [1.29, 1.82) is 0 Å². The lowest BCUT2D eigenvalue weighted by molar-refractivity contribution is -0.125. The van der Waals surface area contributed by atoms with E-state index in [4.69, 9.17) is 9.47 Å². The fraction of sp³-hybridized carbons (Fsp3) is 0.167. The van der Waals surface area contributed by atoms with Crippen LogP contribution < -0.4 is 10.1 Å². The summed E-state index contributed by atoms with van der Waals surface area (Å²) < 4.78 is 23.9. The normalized spacial score (nSPS) is 11.4. The van der Waals surface area contributed by atoms with Crippen molar-refractivity contribution in [2.75, 3.05) is 13.7 Å². The van der Waals surface area contributed by atoms with Crippen molar-refractivity contribution in [2.45, 2.75) is 12.5 Å². The summed E-state index contributed by atoms with van der Waals surface area (Å²) in [6.07, 6.45) is 0.581. The molecule has 3 rings (SSSR count). The van der Waals surface area contributed by atoms with Crippen LogP contribution in [0.5, 0.6) is 5.75 Å². The summed E-state index contributed by atoms with van der Waals surface area (Å²) in [6, 6.07) is 22.8. The Balaban J connectivity index is 1.63. The summed E-state index contributed by atoms with van der Waals surface area (Å²) in [5.74, 6) is -1.87. The van der Waals surface area contributed by atoms with Gasteiger partial charge in [0.1, 0.15) is 11.6 Å². The summed E-state index contributed by atoms with van der Waals surface area (Å²) in [7, 11) is 1.40. The van der Waals surface area contributed by atoms with Crippen LogP contribution in [0.1, 0.15) is 27.5 Å². The van der Waals surface area contributed by atoms with E-state index in [1.54, 1.807) is 0 Å². The SMILES string of the molecule is COc1ccc(C(=O)OCC(=O)N[C@H](Cc2ccccc2)c2ccccc2)c(F)c1. The molecule has 1 atom stereocenters. The number of halogens is 1. The number of benzene rings is 3. The van der Waals surface area contributed by atoms with Crippen LogP contribution in [0.25, 0.3) is 0 Å². The number of ether oxygens (including phenoxy) is 2. The van der Waals surface area contributed by atoms with E-state index in [2.05, 4.69) is 5.32 Å². The number of carbonyl (C=O) groups is 2. The third kappa shape index (κ3) is 5.67. The molecule has 0 unspecified atom stereocenters. The van der Waals surface area contributed by atoms with Crippen molar-refractivity contribution in [3.8, 4) is 5.75 Å². The van der Waals surface area contributed by atoms with Gasteiger partial charge in [-0.1, -0.05) is 60.7 Å². The number of rotatable bonds is 8. The van der Waals surface area contributed by atoms with Gasteiger partial charge in [0.25, 0.3) is 5.91 Å². The first-order chi connectivity index (χ1) is 14.6. The minimum absolute atomic E-state index is 0.257. The number of amides is 1. The average molecular weight is 407 g/mol. The fourth-order valence-electron chi connectivity index (χ4n) is 3.02. The van der Waals surface area contributed by atoms with Gasteiger partial charge < -0.3 is 14.8 Å². The Kier molecular flexibility index (Phi) is 7.16. The maximum atomic E-state index is 14.0. The second-order valence-electron chi connectivity index (χ2n) is 6.64. The summed E-state index contributed by atoms with van der Waals surface area (Å²) in [5.41, 5.74) is 1.73. The molecule has 0 saturated heterocycles. The molecular formula is C24H22FNO4. The van der Waals surface area contributed by atoms with Gasteiger partial charge in [-0.05, 0) is 29.7 Å². The highest BCUT2D eigenvalue weighted by Crippen LogP contribution is 2.19. The van der Waals surface area contributed by atoms with Crippen LogP contribution >= 0.6 is 0 Å². The molecule has 6 heteroatoms. The standard InChI is InChI=1S/C24H22FNO4/c1-29-19-12-13-20(21(25)15-19)24(28)30-16-23(27)26-22(18-10-6-3-7-11-18)14-17-8-4-2-5-9-17/h2-13,15,22H,14,16H2,1H3,(H,26,27)/t22-/m1/s1. The Labute approximate surface area is 174 Å². The summed E-state index contributed by atoms with van der Waals surface area (Å²) in [4.78, 5) is 24.6. The van der Waals surface area contributed by atoms with Gasteiger partial charge in [0.15, 0.2) is 6.61 Å². The first-order valence-corrected chi connectivity index (χ1v) is 9.45. The maximum absolute atomic E-state index is 14.0. The molecule has 0 radical (unpaired) electrons. The second kappa shape index (κ2) is 10.2. The van der Waals surface area contributed by atoms with Crippen LogP contribution in [-0.2, 0) is 16.0 Å². The molecular weight excluding hydrogens is 385 g/mol. The Morgan fingerprint density at radius 3 is 2.27 bits per heavy atom. The third-order valence-corrected chi connectivity index (χ3v) is 4.55. The lowest BCUT2D eigenvalue weighted by Gasteiger charge is -2.19. The van der Waals surface area contributed by atoms with Gasteiger partial charge in [0, 0.05) is 6.07 Å². The minimum Gasteiger partial charge on any atom is -0.497 e. The Morgan fingerprint density at radius 2 is 1.63 bits per heavy atom. The van der Waals surface area contributed by atoms with E-state index >= 15 is 0 Å². The molecule has 0 aromatic heterocycles. The molecule has 1 amide bonds. The first-order valence-electron chi connectivity index (χ1n) is 9.45. The molecule has 3 aromatic carbocycles. The third-order valence-electron chi connectivity index (χ3n) is 4.55. The van der Waals surface area contributed by atoms with Gasteiger partial charge in [0.2, 0.25) is 0 Å². The molecule has 3 aromatic rings. The minimum atomic E-state index is -0.912. The molecule has 0 aliphatic heterocycles. The molecule has 0 fully saturated rings. The molecule has 30 heavy (non-hydrogen) atoms. The van der Waals surface area contributed by atoms with Crippen molar-refractivity contribution in [3.63, 3.8) is 0 Å². The monoisotopic (exact) mass is 407 g/mol. The topological polar surface area (TPSA) is 64.6 Å². The fourth-order valence-corrected chi connectivity index (χ4v) is 3.02. The zero-order valence-electron chi connectivity index (χ0n) is 16.5.